The summed E-state index contributed by atoms with van der Waals surface area (Å²) in [6.45, 7) is 0.320. The van der Waals surface area contributed by atoms with E-state index in [2.05, 4.69) is 10.2 Å². The number of nitriles is 2. The Morgan fingerprint density at radius 3 is 1.50 bits per heavy atom. The van der Waals surface area contributed by atoms with Gasteiger partial charge >= 0.3 is 0 Å². The molecule has 8 heteroatoms. The number of carbonyl (C=O) groups is 2. The Balaban J connectivity index is 4.03. The van der Waals surface area contributed by atoms with Crippen LogP contribution in [-0.2, 0) is 9.59 Å². The summed E-state index contributed by atoms with van der Waals surface area (Å²) in [4.78, 5) is 21.2. The molecular weight excluding hydrogens is 303 g/mol. The van der Waals surface area contributed by atoms with Gasteiger partial charge in [-0.05, 0) is 36.0 Å². The number of rotatable bonds is 10. The molecule has 2 unspecified atom stereocenters. The minimum absolute atomic E-state index is 0.119. The molecule has 20 heavy (non-hydrogen) atoms. The lowest BCUT2D eigenvalue weighted by atomic mass is 10.1. The Bertz CT molecular complexity index is 400. The first-order valence-electron chi connectivity index (χ1n) is 5.98. The van der Waals surface area contributed by atoms with E-state index in [-0.39, 0.29) is 25.9 Å². The fraction of sp³-hybridized carbons (Fsp3) is 0.667. The number of carbonyl (C=O) groups excluding carboxylic acids is 2. The van der Waals surface area contributed by atoms with Gasteiger partial charge in [-0.3, -0.25) is 9.59 Å². The van der Waals surface area contributed by atoms with Gasteiger partial charge < -0.3 is 0 Å². The minimum Gasteiger partial charge on any atom is -0.281 e. The predicted molar refractivity (Wildman–Crippen MR) is 73.0 cm³/mol. The highest BCUT2D eigenvalue weighted by atomic mass is 35.5. The first kappa shape index (κ1) is 18.5. The Morgan fingerprint density at radius 2 is 1.25 bits per heavy atom. The van der Waals surface area contributed by atoms with E-state index in [1.165, 1.54) is 0 Å². The summed E-state index contributed by atoms with van der Waals surface area (Å²) in [5, 5.41) is 24.3. The van der Waals surface area contributed by atoms with Crippen LogP contribution in [0.4, 0.5) is 0 Å². The number of azo groups is 1. The zero-order chi connectivity index (χ0) is 15.4. The molecule has 0 aromatic rings. The molecule has 0 aliphatic rings. The molecule has 0 aliphatic heterocycles. The second-order valence-corrected chi connectivity index (χ2v) is 4.93. The van der Waals surface area contributed by atoms with Gasteiger partial charge in [0.1, 0.15) is 0 Å². The van der Waals surface area contributed by atoms with Crippen molar-refractivity contribution in [2.45, 2.75) is 25.7 Å². The van der Waals surface area contributed by atoms with Gasteiger partial charge in [-0.25, -0.2) is 0 Å². The zero-order valence-electron chi connectivity index (χ0n) is 10.8. The summed E-state index contributed by atoms with van der Waals surface area (Å²) in [6, 6.07) is 4.02. The van der Waals surface area contributed by atoms with Gasteiger partial charge in [0.15, 0.2) is 0 Å². The number of halogens is 2. The van der Waals surface area contributed by atoms with Gasteiger partial charge in [-0.15, -0.1) is 0 Å². The van der Waals surface area contributed by atoms with Crippen LogP contribution in [-0.4, -0.2) is 23.6 Å². The third kappa shape index (κ3) is 10.4. The van der Waals surface area contributed by atoms with Crippen LogP contribution in [0.5, 0.6) is 0 Å². The van der Waals surface area contributed by atoms with E-state index in [9.17, 15) is 9.59 Å². The molecule has 0 bridgehead atoms. The van der Waals surface area contributed by atoms with Crippen LogP contribution in [0, 0.1) is 34.5 Å². The van der Waals surface area contributed by atoms with Crippen LogP contribution in [0.3, 0.4) is 0 Å². The summed E-state index contributed by atoms with van der Waals surface area (Å²) >= 11 is 10.4. The molecule has 0 spiro atoms. The summed E-state index contributed by atoms with van der Waals surface area (Å²) in [5.74, 6) is -0.849. The van der Waals surface area contributed by atoms with E-state index in [1.54, 1.807) is 0 Å². The first-order valence-corrected chi connectivity index (χ1v) is 6.74. The van der Waals surface area contributed by atoms with Gasteiger partial charge in [0.05, 0.1) is 37.1 Å². The average Bonchev–Trinajstić information content (AvgIpc) is 2.40. The smallest absolute Gasteiger partial charge is 0.221 e. The number of hydrogen-bond acceptors (Lipinski definition) is 6. The average molecular weight is 317 g/mol. The van der Waals surface area contributed by atoms with Crippen molar-refractivity contribution in [1.82, 2.24) is 0 Å². The van der Waals surface area contributed by atoms with Crippen LogP contribution in [0.15, 0.2) is 10.2 Å². The number of nitrogens with zero attached hydrogens (tertiary/aromatic N) is 4. The normalized spacial score (nSPS) is 13.4. The van der Waals surface area contributed by atoms with Crippen LogP contribution in [0.1, 0.15) is 25.7 Å². The molecule has 2 atom stereocenters. The van der Waals surface area contributed by atoms with Gasteiger partial charge in [-0.1, -0.05) is 0 Å². The summed E-state index contributed by atoms with van der Waals surface area (Å²) in [7, 11) is 0. The van der Waals surface area contributed by atoms with Crippen molar-refractivity contribution in [3.63, 3.8) is 0 Å². The molecule has 0 N–H and O–H groups in total. The summed E-state index contributed by atoms with van der Waals surface area (Å²) in [5.41, 5.74) is 0. The van der Waals surface area contributed by atoms with Crippen molar-refractivity contribution < 1.29 is 9.59 Å². The molecule has 108 valence electrons. The molecule has 0 saturated heterocycles. The van der Waals surface area contributed by atoms with Gasteiger partial charge in [-0.2, -0.15) is 20.8 Å². The Labute approximate surface area is 127 Å². The maximum absolute atomic E-state index is 10.6. The second kappa shape index (κ2) is 11.3. The van der Waals surface area contributed by atoms with E-state index in [0.29, 0.717) is 12.8 Å². The Hall–Kier alpha value is -1.50. The molecule has 0 saturated carbocycles. The predicted octanol–water partition coefficient (Wildman–Crippen LogP) is 2.81. The molecule has 0 fully saturated rings. The molecule has 0 aromatic carbocycles. The van der Waals surface area contributed by atoms with Crippen molar-refractivity contribution >= 4 is 33.7 Å². The van der Waals surface area contributed by atoms with E-state index in [0.717, 1.165) is 0 Å². The fourth-order valence-electron chi connectivity index (χ4n) is 1.28. The van der Waals surface area contributed by atoms with E-state index < -0.39 is 22.3 Å². The van der Waals surface area contributed by atoms with Crippen molar-refractivity contribution in [3.8, 4) is 12.1 Å². The molecule has 0 aromatic heterocycles. The van der Waals surface area contributed by atoms with E-state index >= 15 is 0 Å². The standard InChI is InChI=1S/C12H14Cl2N4O2/c13-11(19)3-1-9(5-15)7-17-18-8-10(6-16)2-4-12(14)20/h9-10H,1-4,7-8H2. The highest BCUT2D eigenvalue weighted by Crippen LogP contribution is 2.10. The lowest BCUT2D eigenvalue weighted by molar-refractivity contribution is -0.112. The SMILES string of the molecule is N#CC(CCC(=O)Cl)CN=NCC(C#N)CCC(=O)Cl. The monoisotopic (exact) mass is 316 g/mol. The highest BCUT2D eigenvalue weighted by molar-refractivity contribution is 6.63. The van der Waals surface area contributed by atoms with Crippen molar-refractivity contribution in [1.29, 1.82) is 10.5 Å². The lowest BCUT2D eigenvalue weighted by Gasteiger charge is -2.04. The van der Waals surface area contributed by atoms with Crippen LogP contribution >= 0.6 is 23.2 Å². The second-order valence-electron chi connectivity index (χ2n) is 4.09. The minimum atomic E-state index is -0.488. The largest absolute Gasteiger partial charge is 0.281 e. The molecule has 0 heterocycles. The quantitative estimate of drug-likeness (QED) is 0.456. The maximum atomic E-state index is 10.6. The van der Waals surface area contributed by atoms with Gasteiger partial charge in [0.2, 0.25) is 10.5 Å². The molecule has 6 nitrogen and oxygen atoms in total. The van der Waals surface area contributed by atoms with Gasteiger partial charge in [0, 0.05) is 12.8 Å². The molecule has 0 radical (unpaired) electrons. The Kier molecular flexibility index (Phi) is 10.5. The molecule has 0 aliphatic carbocycles. The van der Waals surface area contributed by atoms with Gasteiger partial charge in [0.25, 0.3) is 0 Å². The third-order valence-electron chi connectivity index (χ3n) is 2.45. The van der Waals surface area contributed by atoms with Crippen molar-refractivity contribution in [3.05, 3.63) is 0 Å². The van der Waals surface area contributed by atoms with Crippen LogP contribution in [0.25, 0.3) is 0 Å². The first-order chi connectivity index (χ1) is 9.49. The number of hydrogen-bond donors (Lipinski definition) is 0. The third-order valence-corrected chi connectivity index (χ3v) is 2.83. The maximum Gasteiger partial charge on any atom is 0.221 e. The van der Waals surface area contributed by atoms with Crippen molar-refractivity contribution in [2.24, 2.45) is 22.1 Å². The van der Waals surface area contributed by atoms with E-state index in [1.807, 2.05) is 12.1 Å². The Morgan fingerprint density at radius 1 is 0.900 bits per heavy atom. The fourth-order valence-corrected chi connectivity index (χ4v) is 1.50. The van der Waals surface area contributed by atoms with Crippen LogP contribution < -0.4 is 0 Å². The topological polar surface area (TPSA) is 106 Å². The van der Waals surface area contributed by atoms with Crippen molar-refractivity contribution in [2.75, 3.05) is 13.1 Å². The molecule has 0 rings (SSSR count). The highest BCUT2D eigenvalue weighted by Gasteiger charge is 2.10. The summed E-state index contributed by atoms with van der Waals surface area (Å²) < 4.78 is 0. The molecular formula is C12H14Cl2N4O2. The van der Waals surface area contributed by atoms with Crippen LogP contribution in [0.2, 0.25) is 0 Å². The lowest BCUT2D eigenvalue weighted by Crippen LogP contribution is -2.05. The summed E-state index contributed by atoms with van der Waals surface area (Å²) in [6.07, 6.45) is 0.905. The molecule has 0 amide bonds. The van der Waals surface area contributed by atoms with E-state index in [4.69, 9.17) is 33.7 Å². The zero-order valence-corrected chi connectivity index (χ0v) is 12.3.